The van der Waals surface area contributed by atoms with E-state index < -0.39 is 6.17 Å². The molecule has 13 rings (SSSR count). The lowest BCUT2D eigenvalue weighted by atomic mass is 9.91. The molecule has 0 spiro atoms. The summed E-state index contributed by atoms with van der Waals surface area (Å²) < 4.78 is 12.1. The van der Waals surface area contributed by atoms with Gasteiger partial charge in [0.05, 0.1) is 22.3 Å². The summed E-state index contributed by atoms with van der Waals surface area (Å²) in [6.45, 7) is 2.34. The SMILES string of the molecule is CC1C/C=C(\c2c(-n3c4ccccc4c4cc5ccccc5cc43)ccc3c2oc2ccccc23)NC(c2cccc3ccccc23)N=C1c1cccc2c1sc1ccccc12. The van der Waals surface area contributed by atoms with Gasteiger partial charge in [0.2, 0.25) is 0 Å². The number of nitrogens with zero attached hydrogens (tertiary/aromatic N) is 2. The predicted molar refractivity (Wildman–Crippen MR) is 263 cm³/mol. The fourth-order valence-electron chi connectivity index (χ4n) is 10.1. The Morgan fingerprint density at radius 2 is 1.27 bits per heavy atom. The van der Waals surface area contributed by atoms with Crippen LogP contribution >= 0.6 is 11.3 Å². The maximum absolute atomic E-state index is 7.02. The summed E-state index contributed by atoms with van der Waals surface area (Å²) in [6, 6.07) is 65.9. The first-order valence-electron chi connectivity index (χ1n) is 21.5. The highest BCUT2D eigenvalue weighted by Crippen LogP contribution is 2.44. The average Bonchev–Trinajstić information content (AvgIpc) is 3.99. The van der Waals surface area contributed by atoms with E-state index in [-0.39, 0.29) is 5.92 Å². The summed E-state index contributed by atoms with van der Waals surface area (Å²) in [4.78, 5) is 5.89. The second-order valence-electron chi connectivity index (χ2n) is 16.7. The normalized spacial score (nSPS) is 16.9. The van der Waals surface area contributed by atoms with Crippen molar-refractivity contribution in [2.24, 2.45) is 10.9 Å². The second-order valence-corrected chi connectivity index (χ2v) is 17.7. The van der Waals surface area contributed by atoms with Crippen molar-refractivity contribution in [2.75, 3.05) is 0 Å². The van der Waals surface area contributed by atoms with Crippen molar-refractivity contribution in [1.29, 1.82) is 0 Å². The third-order valence-corrected chi connectivity index (χ3v) is 14.3. The number of benzene rings is 9. The summed E-state index contributed by atoms with van der Waals surface area (Å²) in [6.07, 6.45) is 2.78. The molecule has 3 aromatic heterocycles. The summed E-state index contributed by atoms with van der Waals surface area (Å²) in [5.41, 5.74) is 10.6. The van der Waals surface area contributed by atoms with Gasteiger partial charge in [-0.25, -0.2) is 0 Å². The molecule has 12 aromatic rings. The minimum atomic E-state index is -0.413. The quantitative estimate of drug-likeness (QED) is 0.192. The fourth-order valence-corrected chi connectivity index (χ4v) is 11.4. The first-order chi connectivity index (χ1) is 30.7. The summed E-state index contributed by atoms with van der Waals surface area (Å²) in [5, 5.41) is 16.2. The number of aliphatic imine (C=N–C) groups is 1. The number of thiophene rings is 1. The maximum atomic E-state index is 7.02. The van der Waals surface area contributed by atoms with Crippen molar-refractivity contribution >= 4 is 108 Å². The van der Waals surface area contributed by atoms with Crippen molar-refractivity contribution < 1.29 is 4.42 Å². The van der Waals surface area contributed by atoms with E-state index in [9.17, 15) is 0 Å². The van der Waals surface area contributed by atoms with Crippen molar-refractivity contribution in [3.8, 4) is 5.69 Å². The minimum Gasteiger partial charge on any atom is -0.455 e. The first-order valence-corrected chi connectivity index (χ1v) is 22.3. The van der Waals surface area contributed by atoms with E-state index in [1.54, 1.807) is 0 Å². The van der Waals surface area contributed by atoms with Gasteiger partial charge in [-0.05, 0) is 70.4 Å². The topological polar surface area (TPSA) is 42.5 Å². The zero-order chi connectivity index (χ0) is 40.9. The smallest absolute Gasteiger partial charge is 0.146 e. The standard InChI is InChI=1S/C57H39N3OS/c1-34-28-30-47(58-57(44-23-12-17-35-14-4-5-18-38(35)44)59-54(34)45-24-13-22-43-41-21-8-11-27-52(41)62-56(43)45)53-49(31-29-42-40-20-7-10-26-51(40)61-55(42)53)60-48-25-9-6-19-39(48)46-32-36-15-2-3-16-37(36)33-50(46)60/h2-27,29-34,57-58H,28H2,1H3/b47-30+,59-54?. The van der Waals surface area contributed by atoms with Gasteiger partial charge in [-0.1, -0.05) is 153 Å². The number of hydrogen-bond donors (Lipinski definition) is 1. The largest absolute Gasteiger partial charge is 0.455 e. The molecule has 1 N–H and O–H groups in total. The minimum absolute atomic E-state index is 0.110. The van der Waals surface area contributed by atoms with Crippen LogP contribution in [0.1, 0.15) is 36.2 Å². The lowest BCUT2D eigenvalue weighted by Crippen LogP contribution is -2.26. The molecule has 2 unspecified atom stereocenters. The van der Waals surface area contributed by atoms with Crippen molar-refractivity contribution in [1.82, 2.24) is 9.88 Å². The Kier molecular flexibility index (Phi) is 7.85. The number of fused-ring (bicyclic) bond motifs is 11. The van der Waals surface area contributed by atoms with Crippen LogP contribution in [-0.4, -0.2) is 10.3 Å². The Morgan fingerprint density at radius 3 is 2.16 bits per heavy atom. The van der Waals surface area contributed by atoms with E-state index in [2.05, 4.69) is 205 Å². The third-order valence-electron chi connectivity index (χ3n) is 13.1. The zero-order valence-electron chi connectivity index (χ0n) is 34.0. The molecule has 4 nitrogen and oxygen atoms in total. The summed E-state index contributed by atoms with van der Waals surface area (Å²) >= 11 is 1.87. The van der Waals surface area contributed by atoms with E-state index >= 15 is 0 Å². The highest BCUT2D eigenvalue weighted by Gasteiger charge is 2.28. The van der Waals surface area contributed by atoms with Gasteiger partial charge in [0, 0.05) is 70.2 Å². The van der Waals surface area contributed by atoms with Crippen molar-refractivity contribution in [2.45, 2.75) is 19.5 Å². The highest BCUT2D eigenvalue weighted by molar-refractivity contribution is 7.26. The van der Waals surface area contributed by atoms with Crippen LogP contribution in [-0.2, 0) is 0 Å². The van der Waals surface area contributed by atoms with Gasteiger partial charge in [-0.2, -0.15) is 0 Å². The maximum Gasteiger partial charge on any atom is 0.146 e. The molecule has 294 valence electrons. The van der Waals surface area contributed by atoms with Gasteiger partial charge < -0.3 is 14.3 Å². The molecule has 0 amide bonds. The molecule has 0 saturated heterocycles. The fraction of sp³-hybridized carbons (Fsp3) is 0.0702. The molecule has 2 atom stereocenters. The number of aromatic nitrogens is 1. The Balaban J connectivity index is 1.09. The Bertz CT molecular complexity index is 3860. The molecule has 0 fully saturated rings. The summed E-state index contributed by atoms with van der Waals surface area (Å²) in [5.74, 6) is 0.110. The van der Waals surface area contributed by atoms with E-state index in [0.29, 0.717) is 0 Å². The van der Waals surface area contributed by atoms with E-state index in [1.807, 2.05) is 11.3 Å². The summed E-state index contributed by atoms with van der Waals surface area (Å²) in [7, 11) is 0. The number of rotatable bonds is 4. The molecular weight excluding hydrogens is 775 g/mol. The molecule has 0 aliphatic carbocycles. The highest BCUT2D eigenvalue weighted by atomic mass is 32.1. The number of furan rings is 1. The van der Waals surface area contributed by atoms with Crippen LogP contribution in [0.15, 0.2) is 197 Å². The Labute approximate surface area is 361 Å². The van der Waals surface area contributed by atoms with E-state index in [0.717, 1.165) is 67.6 Å². The first kappa shape index (κ1) is 35.3. The molecule has 1 aliphatic rings. The lowest BCUT2D eigenvalue weighted by molar-refractivity contribution is 0.640. The molecule has 62 heavy (non-hydrogen) atoms. The Hall–Kier alpha value is -7.47. The van der Waals surface area contributed by atoms with Crippen LogP contribution in [0.25, 0.3) is 96.8 Å². The van der Waals surface area contributed by atoms with Crippen molar-refractivity contribution in [3.05, 3.63) is 205 Å². The van der Waals surface area contributed by atoms with Crippen LogP contribution in [0, 0.1) is 5.92 Å². The lowest BCUT2D eigenvalue weighted by Gasteiger charge is -2.28. The van der Waals surface area contributed by atoms with Crippen LogP contribution in [0.3, 0.4) is 0 Å². The number of para-hydroxylation sites is 2. The monoisotopic (exact) mass is 813 g/mol. The number of allylic oxidation sites excluding steroid dienone is 1. The van der Waals surface area contributed by atoms with Gasteiger partial charge in [0.25, 0.3) is 0 Å². The van der Waals surface area contributed by atoms with Gasteiger partial charge in [0.1, 0.15) is 17.3 Å². The number of nitrogens with one attached hydrogen (secondary N) is 1. The van der Waals surface area contributed by atoms with Gasteiger partial charge in [0.15, 0.2) is 0 Å². The molecule has 9 aromatic carbocycles. The molecular formula is C57H39N3OS. The predicted octanol–water partition coefficient (Wildman–Crippen LogP) is 15.5. The molecule has 5 heteroatoms. The van der Waals surface area contributed by atoms with E-state index in [1.165, 1.54) is 58.1 Å². The van der Waals surface area contributed by atoms with Crippen LogP contribution < -0.4 is 5.32 Å². The third kappa shape index (κ3) is 5.35. The van der Waals surface area contributed by atoms with Crippen LogP contribution in [0.2, 0.25) is 0 Å². The van der Waals surface area contributed by atoms with Gasteiger partial charge >= 0.3 is 0 Å². The average molecular weight is 814 g/mol. The molecule has 0 bridgehead atoms. The van der Waals surface area contributed by atoms with Gasteiger partial charge in [-0.15, -0.1) is 11.3 Å². The van der Waals surface area contributed by atoms with Crippen LogP contribution in [0.5, 0.6) is 0 Å². The van der Waals surface area contributed by atoms with E-state index in [4.69, 9.17) is 9.41 Å². The molecule has 4 heterocycles. The molecule has 1 aliphatic heterocycles. The molecule has 0 radical (unpaired) electrons. The molecule has 0 saturated carbocycles. The Morgan fingerprint density at radius 1 is 0.581 bits per heavy atom. The second kappa shape index (κ2) is 13.8. The van der Waals surface area contributed by atoms with Crippen LogP contribution in [0.4, 0.5) is 0 Å². The van der Waals surface area contributed by atoms with Gasteiger partial charge in [-0.3, -0.25) is 4.99 Å². The number of hydrogen-bond acceptors (Lipinski definition) is 4. The van der Waals surface area contributed by atoms with Crippen molar-refractivity contribution in [3.63, 3.8) is 0 Å². The zero-order valence-corrected chi connectivity index (χ0v) is 34.8.